The maximum absolute atomic E-state index is 14.4. The Bertz CT molecular complexity index is 1090. The number of halogens is 3. The first-order valence-electron chi connectivity index (χ1n) is 9.43. The fourth-order valence-electron chi connectivity index (χ4n) is 3.15. The summed E-state index contributed by atoms with van der Waals surface area (Å²) >= 11 is 0. The molecule has 0 fully saturated rings. The van der Waals surface area contributed by atoms with Gasteiger partial charge in [-0.05, 0) is 36.4 Å². The molecule has 6 nitrogen and oxygen atoms in total. The second kappa shape index (κ2) is 12.9. The number of nitrogen functional groups attached to an aromatic ring is 1. The fourth-order valence-corrected chi connectivity index (χ4v) is 3.15. The van der Waals surface area contributed by atoms with Gasteiger partial charge in [0.25, 0.3) is 6.43 Å². The number of phenolic OH excluding ortho intramolecular Hbond substituents is 1. The minimum atomic E-state index is -2.55. The van der Waals surface area contributed by atoms with E-state index in [-0.39, 0.29) is 73.8 Å². The molecule has 0 aliphatic rings. The van der Waals surface area contributed by atoms with Crippen LogP contribution in [0, 0.1) is 5.82 Å². The molecule has 0 spiro atoms. The third-order valence-corrected chi connectivity index (χ3v) is 4.46. The summed E-state index contributed by atoms with van der Waals surface area (Å²) in [6, 6.07) is 8.69. The van der Waals surface area contributed by atoms with Crippen LogP contribution in [0.4, 0.5) is 18.9 Å². The summed E-state index contributed by atoms with van der Waals surface area (Å²) in [5, 5.41) is 13.6. The van der Waals surface area contributed by atoms with E-state index in [1.807, 2.05) is 0 Å². The number of aromatic hydroxyl groups is 1. The summed E-state index contributed by atoms with van der Waals surface area (Å²) in [5.41, 5.74) is 5.75. The Labute approximate surface area is 209 Å². The van der Waals surface area contributed by atoms with Crippen LogP contribution in [0.25, 0.3) is 16.3 Å². The Morgan fingerprint density at radius 1 is 1.19 bits per heavy atom. The van der Waals surface area contributed by atoms with Gasteiger partial charge in [-0.15, -0.1) is 0 Å². The summed E-state index contributed by atoms with van der Waals surface area (Å²) in [5.74, 6) is -0.739. The summed E-state index contributed by atoms with van der Waals surface area (Å²) < 4.78 is 45.2. The molecule has 0 aliphatic heterocycles. The van der Waals surface area contributed by atoms with Crippen LogP contribution < -0.4 is 11.4 Å². The second-order valence-corrected chi connectivity index (χ2v) is 7.06. The molecule has 1 aromatic heterocycles. The molecule has 171 valence electrons. The number of nitrogens with zero attached hydrogens (tertiary/aromatic N) is 2. The molecule has 3 aromatic rings. The molecule has 32 heavy (non-hydrogen) atoms. The molecular formula is C22H25F3N3O3Y-. The molecule has 3 N–H and O–H groups in total. The van der Waals surface area contributed by atoms with Gasteiger partial charge in [0.1, 0.15) is 17.1 Å². The van der Waals surface area contributed by atoms with E-state index in [1.54, 1.807) is 26.2 Å². The van der Waals surface area contributed by atoms with Crippen LogP contribution in [0.2, 0.25) is 0 Å². The van der Waals surface area contributed by atoms with E-state index in [1.165, 1.54) is 36.2 Å². The number of anilines is 1. The van der Waals surface area contributed by atoms with Crippen LogP contribution in [0.5, 0.6) is 5.75 Å². The molecule has 2 aromatic carbocycles. The van der Waals surface area contributed by atoms with Gasteiger partial charge in [-0.3, -0.25) is 4.90 Å². The molecule has 1 radical (unpaired) electrons. The maximum Gasteiger partial charge on any atom is 0.340 e. The maximum atomic E-state index is 14.4. The molecule has 3 rings (SSSR count). The fraction of sp³-hybridized carbons (Fsp3) is 0.318. The first kappa shape index (κ1) is 28.1. The molecule has 0 saturated carbocycles. The number of alkyl halides is 2. The number of hydrogen-bond donors (Lipinski definition) is 2. The number of phenols is 1. The van der Waals surface area contributed by atoms with Gasteiger partial charge in [0.2, 0.25) is 0 Å². The monoisotopic (exact) mass is 525 g/mol. The minimum absolute atomic E-state index is 0. The summed E-state index contributed by atoms with van der Waals surface area (Å²) in [6.45, 7) is -0.470. The smallest absolute Gasteiger partial charge is 0.340 e. The van der Waals surface area contributed by atoms with Crippen molar-refractivity contribution in [1.82, 2.24) is 4.90 Å². The van der Waals surface area contributed by atoms with Crippen molar-refractivity contribution in [2.24, 2.45) is 0 Å². The average Bonchev–Trinajstić information content (AvgIpc) is 2.67. The van der Waals surface area contributed by atoms with Crippen LogP contribution in [0.15, 0.2) is 45.6 Å². The van der Waals surface area contributed by atoms with Gasteiger partial charge >= 0.3 is 5.63 Å². The molecule has 0 bridgehead atoms. The van der Waals surface area contributed by atoms with Crippen molar-refractivity contribution in [3.05, 3.63) is 74.6 Å². The predicted molar refractivity (Wildman–Crippen MR) is 115 cm³/mol. The van der Waals surface area contributed by atoms with Crippen LogP contribution >= 0.6 is 0 Å². The zero-order valence-electron chi connectivity index (χ0n) is 18.1. The number of nitrogens with two attached hydrogens (primary N) is 1. The van der Waals surface area contributed by atoms with Gasteiger partial charge in [0, 0.05) is 62.7 Å². The van der Waals surface area contributed by atoms with Crippen molar-refractivity contribution in [1.29, 1.82) is 0 Å². The predicted octanol–water partition coefficient (Wildman–Crippen LogP) is 4.12. The quantitative estimate of drug-likeness (QED) is 0.373. The van der Waals surface area contributed by atoms with Gasteiger partial charge in [-0.25, -0.2) is 18.0 Å². The van der Waals surface area contributed by atoms with E-state index in [9.17, 15) is 23.1 Å². The van der Waals surface area contributed by atoms with Crippen LogP contribution in [-0.2, 0) is 45.7 Å². The molecule has 0 saturated heterocycles. The summed E-state index contributed by atoms with van der Waals surface area (Å²) in [4.78, 5) is 14.0. The molecule has 0 amide bonds. The van der Waals surface area contributed by atoms with Crippen molar-refractivity contribution in [2.75, 3.05) is 33.4 Å². The molecular weight excluding hydrogens is 500 g/mol. The van der Waals surface area contributed by atoms with Crippen LogP contribution in [-0.4, -0.2) is 44.1 Å². The van der Waals surface area contributed by atoms with Crippen molar-refractivity contribution < 1.29 is 55.4 Å². The first-order chi connectivity index (χ1) is 14.7. The number of rotatable bonds is 6. The average molecular weight is 525 g/mol. The molecule has 10 heteroatoms. The first-order valence-corrected chi connectivity index (χ1v) is 9.43. The molecule has 0 unspecified atom stereocenters. The normalized spacial score (nSPS) is 10.8. The van der Waals surface area contributed by atoms with Crippen molar-refractivity contribution in [3.63, 3.8) is 0 Å². The van der Waals surface area contributed by atoms with Crippen molar-refractivity contribution in [3.8, 4) is 5.75 Å². The third-order valence-electron chi connectivity index (χ3n) is 4.46. The van der Waals surface area contributed by atoms with E-state index >= 15 is 0 Å². The molecule has 0 aliphatic carbocycles. The van der Waals surface area contributed by atoms with Crippen molar-refractivity contribution in [2.45, 2.75) is 19.4 Å². The number of fused-ring (bicyclic) bond motifs is 1. The molecule has 0 atom stereocenters. The largest absolute Gasteiger partial charge is 0.668 e. The standard InChI is InChI=1S/C20H19F3N2O3.C2H6N.Y/c1-25(10-18(21)22)9-15-13-6-5-12(26)8-17(13)28-20(27)14(15)7-11-3-2-4-16(24)19(11)23;1-3-2;/h2-6,8,18,26H,7,9-10,24H2,1H3;1-2H3;/q;-1;. The number of hydrogen-bond acceptors (Lipinski definition) is 5. The summed E-state index contributed by atoms with van der Waals surface area (Å²) in [6.07, 6.45) is -2.65. The summed E-state index contributed by atoms with van der Waals surface area (Å²) in [7, 11) is 5.00. The van der Waals surface area contributed by atoms with Crippen LogP contribution in [0.3, 0.4) is 0 Å². The Kier molecular flexibility index (Phi) is 11.4. The van der Waals surface area contributed by atoms with E-state index in [0.29, 0.717) is 10.9 Å². The van der Waals surface area contributed by atoms with E-state index in [4.69, 9.17) is 10.2 Å². The third kappa shape index (κ3) is 7.30. The van der Waals surface area contributed by atoms with E-state index in [2.05, 4.69) is 5.32 Å². The number of benzene rings is 2. The topological polar surface area (TPSA) is 93.8 Å². The van der Waals surface area contributed by atoms with Gasteiger partial charge in [-0.2, -0.15) is 14.1 Å². The Hall–Kier alpha value is -1.94. The zero-order valence-corrected chi connectivity index (χ0v) is 20.9. The Morgan fingerprint density at radius 2 is 1.84 bits per heavy atom. The van der Waals surface area contributed by atoms with Gasteiger partial charge in [0.15, 0.2) is 0 Å². The minimum Gasteiger partial charge on any atom is -0.668 e. The van der Waals surface area contributed by atoms with Gasteiger partial charge < -0.3 is 20.6 Å². The SMILES string of the molecule is CN(Cc1c(Cc2cccc(N)c2F)c(=O)oc2cc(O)ccc12)CC(F)F.C[N-]C.[Y]. The van der Waals surface area contributed by atoms with Gasteiger partial charge in [0.05, 0.1) is 12.2 Å². The molecule has 1 heterocycles. The van der Waals surface area contributed by atoms with Crippen LogP contribution in [0.1, 0.15) is 16.7 Å². The van der Waals surface area contributed by atoms with E-state index in [0.717, 1.165) is 0 Å². The Morgan fingerprint density at radius 3 is 2.47 bits per heavy atom. The van der Waals surface area contributed by atoms with Gasteiger partial charge in [-0.1, -0.05) is 12.1 Å². The zero-order chi connectivity index (χ0) is 23.1. The Balaban J connectivity index is 0.00000121. The second-order valence-electron chi connectivity index (χ2n) is 7.06. The van der Waals surface area contributed by atoms with E-state index < -0.39 is 24.4 Å². The van der Waals surface area contributed by atoms with Crippen molar-refractivity contribution >= 4 is 16.7 Å².